The molecule has 1 aliphatic rings. The Kier molecular flexibility index (Phi) is 3.39. The van der Waals surface area contributed by atoms with E-state index in [1.54, 1.807) is 0 Å². The Labute approximate surface area is 73.7 Å². The Morgan fingerprint density at radius 2 is 1.92 bits per heavy atom. The van der Waals surface area contributed by atoms with Crippen molar-refractivity contribution in [3.63, 3.8) is 0 Å². The summed E-state index contributed by atoms with van der Waals surface area (Å²) in [6, 6.07) is 8.03. The van der Waals surface area contributed by atoms with Gasteiger partial charge >= 0.3 is 0 Å². The largest absolute Gasteiger partial charge is 0.489 e. The molecule has 1 aromatic carbocycles. The van der Waals surface area contributed by atoms with E-state index in [1.165, 1.54) is 5.56 Å². The van der Waals surface area contributed by atoms with Crippen molar-refractivity contribution in [3.8, 4) is 5.75 Å². The van der Waals surface area contributed by atoms with E-state index >= 15 is 0 Å². The summed E-state index contributed by atoms with van der Waals surface area (Å²) in [7, 11) is 0. The van der Waals surface area contributed by atoms with Crippen molar-refractivity contribution in [1.29, 1.82) is 0 Å². The number of hydrogen-bond acceptors (Lipinski definition) is 1. The Bertz CT molecular complexity index is 263. The Morgan fingerprint density at radius 3 is 2.67 bits per heavy atom. The number of fused-ring (bicyclic) bond motifs is 1. The molecule has 0 aliphatic carbocycles. The Morgan fingerprint density at radius 1 is 1.17 bits per heavy atom. The minimum atomic E-state index is 0.705. The molecule has 0 saturated carbocycles. The molecule has 1 nitrogen and oxygen atoms in total. The van der Waals surface area contributed by atoms with Crippen LogP contribution in [0.5, 0.6) is 5.75 Å². The summed E-state index contributed by atoms with van der Waals surface area (Å²) in [6.45, 7) is 4.71. The van der Waals surface area contributed by atoms with Gasteiger partial charge in [0.1, 0.15) is 12.4 Å². The third kappa shape index (κ3) is 1.88. The fourth-order valence-electron chi connectivity index (χ4n) is 1.06. The van der Waals surface area contributed by atoms with Gasteiger partial charge in [-0.2, -0.15) is 0 Å². The molecule has 0 spiro atoms. The van der Waals surface area contributed by atoms with E-state index in [4.69, 9.17) is 4.74 Å². The number of benzene rings is 1. The summed E-state index contributed by atoms with van der Waals surface area (Å²) < 4.78 is 5.34. The molecule has 0 unspecified atom stereocenters. The van der Waals surface area contributed by atoms with E-state index in [-0.39, 0.29) is 0 Å². The quantitative estimate of drug-likeness (QED) is 0.569. The lowest BCUT2D eigenvalue weighted by atomic mass is 10.1. The highest BCUT2D eigenvalue weighted by molar-refractivity contribution is 5.58. The normalized spacial score (nSPS) is 12.2. The van der Waals surface area contributed by atoms with Crippen LogP contribution in [0.1, 0.15) is 19.4 Å². The van der Waals surface area contributed by atoms with Gasteiger partial charge in [0.15, 0.2) is 0 Å². The first-order chi connectivity index (χ1) is 5.97. The number of rotatable bonds is 0. The molecule has 1 heterocycles. The highest BCUT2D eigenvalue weighted by atomic mass is 16.5. The van der Waals surface area contributed by atoms with E-state index in [2.05, 4.69) is 6.08 Å². The van der Waals surface area contributed by atoms with E-state index in [1.807, 2.05) is 44.2 Å². The first-order valence-corrected chi connectivity index (χ1v) is 4.35. The van der Waals surface area contributed by atoms with E-state index in [0.29, 0.717) is 6.61 Å². The zero-order valence-electron chi connectivity index (χ0n) is 7.58. The van der Waals surface area contributed by atoms with Crippen molar-refractivity contribution in [2.24, 2.45) is 0 Å². The molecule has 12 heavy (non-hydrogen) atoms. The molecule has 0 saturated heterocycles. The third-order valence-electron chi connectivity index (χ3n) is 1.55. The predicted octanol–water partition coefficient (Wildman–Crippen LogP) is 3.12. The Hall–Kier alpha value is -1.24. The highest BCUT2D eigenvalue weighted by Gasteiger charge is 2.01. The molecule has 64 valence electrons. The first kappa shape index (κ1) is 8.85. The fourth-order valence-corrected chi connectivity index (χ4v) is 1.06. The summed E-state index contributed by atoms with van der Waals surface area (Å²) in [5, 5.41) is 0. The predicted molar refractivity (Wildman–Crippen MR) is 52.3 cm³/mol. The summed E-state index contributed by atoms with van der Waals surface area (Å²) in [4.78, 5) is 0. The van der Waals surface area contributed by atoms with E-state index < -0.39 is 0 Å². The van der Waals surface area contributed by atoms with Gasteiger partial charge in [0.25, 0.3) is 0 Å². The smallest absolute Gasteiger partial charge is 0.126 e. The number of hydrogen-bond donors (Lipinski definition) is 0. The second-order valence-electron chi connectivity index (χ2n) is 2.25. The van der Waals surface area contributed by atoms with Gasteiger partial charge < -0.3 is 4.74 Å². The molecule has 1 aliphatic heterocycles. The molecule has 0 bridgehead atoms. The topological polar surface area (TPSA) is 9.23 Å². The lowest BCUT2D eigenvalue weighted by Crippen LogP contribution is -1.98. The van der Waals surface area contributed by atoms with Crippen LogP contribution in [-0.4, -0.2) is 6.61 Å². The summed E-state index contributed by atoms with van der Waals surface area (Å²) in [6.07, 6.45) is 4.10. The van der Waals surface area contributed by atoms with Crippen molar-refractivity contribution in [2.45, 2.75) is 13.8 Å². The van der Waals surface area contributed by atoms with Gasteiger partial charge in [0, 0.05) is 5.56 Å². The van der Waals surface area contributed by atoms with Crippen LogP contribution < -0.4 is 4.74 Å². The van der Waals surface area contributed by atoms with Crippen LogP contribution >= 0.6 is 0 Å². The second-order valence-corrected chi connectivity index (χ2v) is 2.25. The van der Waals surface area contributed by atoms with Gasteiger partial charge in [-0.3, -0.25) is 0 Å². The third-order valence-corrected chi connectivity index (χ3v) is 1.55. The summed E-state index contributed by atoms with van der Waals surface area (Å²) >= 11 is 0. The SMILES string of the molecule is C1=Cc2ccccc2OC1.CC. The number of para-hydroxylation sites is 1. The van der Waals surface area contributed by atoms with Crippen molar-refractivity contribution < 1.29 is 4.74 Å². The van der Waals surface area contributed by atoms with Crippen LogP contribution in [0, 0.1) is 0 Å². The summed E-state index contributed by atoms with van der Waals surface area (Å²) in [5.41, 5.74) is 1.17. The van der Waals surface area contributed by atoms with Gasteiger partial charge in [-0.25, -0.2) is 0 Å². The van der Waals surface area contributed by atoms with Crippen LogP contribution in [0.2, 0.25) is 0 Å². The second kappa shape index (κ2) is 4.60. The van der Waals surface area contributed by atoms with Crippen LogP contribution in [0.4, 0.5) is 0 Å². The maximum absolute atomic E-state index is 5.34. The summed E-state index contributed by atoms with van der Waals surface area (Å²) in [5.74, 6) is 0.991. The molecular weight excluding hydrogens is 148 g/mol. The van der Waals surface area contributed by atoms with Gasteiger partial charge in [-0.15, -0.1) is 0 Å². The standard InChI is InChI=1S/C9H8O.C2H6/c1-2-6-9-8(4-1)5-3-7-10-9;1-2/h1-6H,7H2;1-2H3. The highest BCUT2D eigenvalue weighted by Crippen LogP contribution is 2.21. The first-order valence-electron chi connectivity index (χ1n) is 4.35. The van der Waals surface area contributed by atoms with E-state index in [0.717, 1.165) is 5.75 Å². The fraction of sp³-hybridized carbons (Fsp3) is 0.273. The minimum Gasteiger partial charge on any atom is -0.489 e. The van der Waals surface area contributed by atoms with Crippen LogP contribution in [0.25, 0.3) is 6.08 Å². The van der Waals surface area contributed by atoms with Gasteiger partial charge in [-0.05, 0) is 12.1 Å². The van der Waals surface area contributed by atoms with Crippen LogP contribution in [0.3, 0.4) is 0 Å². The minimum absolute atomic E-state index is 0.705. The van der Waals surface area contributed by atoms with E-state index in [9.17, 15) is 0 Å². The van der Waals surface area contributed by atoms with Crippen molar-refractivity contribution in [3.05, 3.63) is 35.9 Å². The lowest BCUT2D eigenvalue weighted by Gasteiger charge is -2.10. The molecule has 1 aromatic rings. The molecular formula is C11H14O. The van der Waals surface area contributed by atoms with Gasteiger partial charge in [0.05, 0.1) is 0 Å². The van der Waals surface area contributed by atoms with Crippen molar-refractivity contribution in [2.75, 3.05) is 6.61 Å². The molecule has 2 rings (SSSR count). The molecule has 1 heteroatoms. The average Bonchev–Trinajstić information content (AvgIpc) is 2.21. The molecule has 0 aromatic heterocycles. The van der Waals surface area contributed by atoms with Crippen molar-refractivity contribution >= 4 is 6.08 Å². The maximum atomic E-state index is 5.34. The molecule has 0 N–H and O–H groups in total. The zero-order valence-corrected chi connectivity index (χ0v) is 7.58. The molecule has 0 radical (unpaired) electrons. The number of ether oxygens (including phenoxy) is 1. The van der Waals surface area contributed by atoms with Crippen LogP contribution in [0.15, 0.2) is 30.3 Å². The zero-order chi connectivity index (χ0) is 8.81. The molecule has 0 fully saturated rings. The van der Waals surface area contributed by atoms with Crippen LogP contribution in [-0.2, 0) is 0 Å². The van der Waals surface area contributed by atoms with Crippen molar-refractivity contribution in [1.82, 2.24) is 0 Å². The van der Waals surface area contributed by atoms with Gasteiger partial charge in [-0.1, -0.05) is 38.1 Å². The lowest BCUT2D eigenvalue weighted by molar-refractivity contribution is 0.358. The molecule has 0 amide bonds. The van der Waals surface area contributed by atoms with Gasteiger partial charge in [0.2, 0.25) is 0 Å². The maximum Gasteiger partial charge on any atom is 0.126 e. The molecule has 0 atom stereocenters. The average molecular weight is 162 g/mol. The monoisotopic (exact) mass is 162 g/mol. The Balaban J connectivity index is 0.000000336.